The molecule has 156 valence electrons. The van der Waals surface area contributed by atoms with E-state index in [4.69, 9.17) is 11.6 Å². The number of amides is 1. The number of anilines is 1. The lowest BCUT2D eigenvalue weighted by atomic mass is 10.0. The molecule has 1 atom stereocenters. The number of hydrogen-bond donors (Lipinski definition) is 1. The zero-order valence-corrected chi connectivity index (χ0v) is 18.1. The largest absolute Gasteiger partial charge is 0.320 e. The Morgan fingerprint density at radius 2 is 2.00 bits per heavy atom. The van der Waals surface area contributed by atoms with Crippen LogP contribution in [0.5, 0.6) is 0 Å². The van der Waals surface area contributed by atoms with Crippen LogP contribution in [0.3, 0.4) is 0 Å². The molecule has 2 heterocycles. The predicted molar refractivity (Wildman–Crippen MR) is 118 cm³/mol. The first-order valence-electron chi connectivity index (χ1n) is 9.81. The van der Waals surface area contributed by atoms with E-state index in [1.165, 1.54) is 22.5 Å². The number of hydrogen-bond acceptors (Lipinski definition) is 4. The molecule has 0 unspecified atom stereocenters. The van der Waals surface area contributed by atoms with Crippen LogP contribution in [-0.2, 0) is 10.0 Å². The van der Waals surface area contributed by atoms with Crippen molar-refractivity contribution in [2.75, 3.05) is 18.4 Å². The maximum Gasteiger partial charge on any atom is 0.255 e. The molecule has 3 aromatic rings. The van der Waals surface area contributed by atoms with E-state index in [1.54, 1.807) is 12.3 Å². The van der Waals surface area contributed by atoms with Gasteiger partial charge in [-0.25, -0.2) is 8.42 Å². The van der Waals surface area contributed by atoms with Crippen LogP contribution in [0.2, 0.25) is 5.02 Å². The molecule has 1 N–H and O–H groups in total. The summed E-state index contributed by atoms with van der Waals surface area (Å²) in [5.74, 6) is -0.133. The minimum Gasteiger partial charge on any atom is -0.320 e. The number of fused-ring (bicyclic) bond motifs is 1. The average molecular weight is 444 g/mol. The summed E-state index contributed by atoms with van der Waals surface area (Å²) in [6, 6.07) is 13.6. The molecule has 1 aliphatic heterocycles. The van der Waals surface area contributed by atoms with Crippen molar-refractivity contribution in [3.05, 3.63) is 65.3 Å². The first-order valence-corrected chi connectivity index (χ1v) is 11.6. The minimum atomic E-state index is -3.78. The minimum absolute atomic E-state index is 0.0399. The SMILES string of the molecule is C[C@@H]1CCCN(S(=O)(=O)c2cc(C(=O)Nc3cccc4cccnc34)ccc2Cl)C1. The maximum atomic E-state index is 13.2. The van der Waals surface area contributed by atoms with Crippen LogP contribution in [0.25, 0.3) is 10.9 Å². The van der Waals surface area contributed by atoms with Gasteiger partial charge in [0.25, 0.3) is 5.91 Å². The quantitative estimate of drug-likeness (QED) is 0.641. The van der Waals surface area contributed by atoms with Crippen molar-refractivity contribution < 1.29 is 13.2 Å². The van der Waals surface area contributed by atoms with Crippen molar-refractivity contribution in [1.82, 2.24) is 9.29 Å². The van der Waals surface area contributed by atoms with E-state index >= 15 is 0 Å². The highest BCUT2D eigenvalue weighted by atomic mass is 35.5. The van der Waals surface area contributed by atoms with E-state index in [-0.39, 0.29) is 21.4 Å². The standard InChI is InChI=1S/C22H22ClN3O3S/c1-15-5-4-12-26(14-15)30(28,29)20-13-17(9-10-18(20)23)22(27)25-19-8-2-6-16-7-3-11-24-21(16)19/h2-3,6-11,13,15H,4-5,12,14H2,1H3,(H,25,27)/t15-/m1/s1. The third-order valence-corrected chi connectivity index (χ3v) is 7.66. The van der Waals surface area contributed by atoms with Crippen molar-refractivity contribution >= 4 is 44.1 Å². The zero-order chi connectivity index (χ0) is 21.3. The highest BCUT2D eigenvalue weighted by molar-refractivity contribution is 7.89. The highest BCUT2D eigenvalue weighted by Gasteiger charge is 2.31. The molecular formula is C22H22ClN3O3S. The van der Waals surface area contributed by atoms with Crippen molar-refractivity contribution in [3.8, 4) is 0 Å². The fourth-order valence-electron chi connectivity index (χ4n) is 3.75. The van der Waals surface area contributed by atoms with Gasteiger partial charge >= 0.3 is 0 Å². The maximum absolute atomic E-state index is 13.2. The first kappa shape index (κ1) is 20.8. The summed E-state index contributed by atoms with van der Waals surface area (Å²) in [4.78, 5) is 17.2. The topological polar surface area (TPSA) is 79.4 Å². The Hall–Kier alpha value is -2.48. The van der Waals surface area contributed by atoms with Gasteiger partial charge in [-0.3, -0.25) is 9.78 Å². The van der Waals surface area contributed by atoms with Crippen LogP contribution in [-0.4, -0.2) is 36.7 Å². The van der Waals surface area contributed by atoms with Crippen LogP contribution in [0.15, 0.2) is 59.6 Å². The smallest absolute Gasteiger partial charge is 0.255 e. The molecule has 1 fully saturated rings. The number of piperidine rings is 1. The average Bonchev–Trinajstić information content (AvgIpc) is 2.74. The molecule has 0 spiro atoms. The molecule has 0 aliphatic carbocycles. The van der Waals surface area contributed by atoms with Gasteiger partial charge in [0.1, 0.15) is 4.90 Å². The van der Waals surface area contributed by atoms with Gasteiger partial charge in [0.15, 0.2) is 0 Å². The van der Waals surface area contributed by atoms with E-state index < -0.39 is 15.9 Å². The molecule has 4 rings (SSSR count). The fraction of sp³-hybridized carbons (Fsp3) is 0.273. The van der Waals surface area contributed by atoms with Crippen molar-refractivity contribution in [1.29, 1.82) is 0 Å². The molecule has 6 nitrogen and oxygen atoms in total. The molecular weight excluding hydrogens is 422 g/mol. The Bertz CT molecular complexity index is 1210. The Kier molecular flexibility index (Phi) is 5.77. The Balaban J connectivity index is 1.65. The van der Waals surface area contributed by atoms with Crippen molar-refractivity contribution in [2.24, 2.45) is 5.92 Å². The number of pyridine rings is 1. The number of carbonyl (C=O) groups is 1. The number of nitrogens with zero attached hydrogens (tertiary/aromatic N) is 2. The van der Waals surface area contributed by atoms with E-state index in [0.717, 1.165) is 18.2 Å². The fourth-order valence-corrected chi connectivity index (χ4v) is 5.84. The van der Waals surface area contributed by atoms with Gasteiger partial charge in [-0.05, 0) is 49.1 Å². The summed E-state index contributed by atoms with van der Waals surface area (Å²) in [7, 11) is -3.78. The van der Waals surface area contributed by atoms with Gasteiger partial charge in [0.2, 0.25) is 10.0 Å². The molecule has 8 heteroatoms. The summed E-state index contributed by atoms with van der Waals surface area (Å²) in [6.45, 7) is 2.95. The highest BCUT2D eigenvalue weighted by Crippen LogP contribution is 2.29. The van der Waals surface area contributed by atoms with E-state index in [0.29, 0.717) is 24.3 Å². The molecule has 1 aliphatic rings. The van der Waals surface area contributed by atoms with Crippen LogP contribution in [0.1, 0.15) is 30.1 Å². The summed E-state index contributed by atoms with van der Waals surface area (Å²) in [5.41, 5.74) is 1.44. The number of nitrogens with one attached hydrogen (secondary N) is 1. The number of sulfonamides is 1. The third kappa shape index (κ3) is 4.05. The van der Waals surface area contributed by atoms with Crippen molar-refractivity contribution in [2.45, 2.75) is 24.7 Å². The Morgan fingerprint density at radius 1 is 1.20 bits per heavy atom. The zero-order valence-electron chi connectivity index (χ0n) is 16.5. The number of aromatic nitrogens is 1. The lowest BCUT2D eigenvalue weighted by Gasteiger charge is -2.30. The summed E-state index contributed by atoms with van der Waals surface area (Å²) in [5, 5.41) is 3.84. The van der Waals surface area contributed by atoms with Crippen LogP contribution >= 0.6 is 11.6 Å². The number of rotatable bonds is 4. The van der Waals surface area contributed by atoms with E-state index in [9.17, 15) is 13.2 Å². The predicted octanol–water partition coefficient (Wildman–Crippen LogP) is 4.56. The van der Waals surface area contributed by atoms with Crippen LogP contribution in [0.4, 0.5) is 5.69 Å². The number of para-hydroxylation sites is 1. The van der Waals surface area contributed by atoms with Crippen molar-refractivity contribution in [3.63, 3.8) is 0 Å². The summed E-state index contributed by atoms with van der Waals surface area (Å²) >= 11 is 6.23. The monoisotopic (exact) mass is 443 g/mol. The first-order chi connectivity index (χ1) is 14.4. The van der Waals surface area contributed by atoms with Gasteiger partial charge in [0, 0.05) is 30.2 Å². The number of carbonyl (C=O) groups excluding carboxylic acids is 1. The molecule has 0 radical (unpaired) electrons. The van der Waals surface area contributed by atoms with Crippen LogP contribution in [0, 0.1) is 5.92 Å². The van der Waals surface area contributed by atoms with E-state index in [2.05, 4.69) is 10.3 Å². The Labute approximate surface area is 180 Å². The second-order valence-electron chi connectivity index (χ2n) is 7.59. The molecule has 30 heavy (non-hydrogen) atoms. The normalized spacial score (nSPS) is 17.7. The van der Waals surface area contributed by atoms with Gasteiger partial charge in [0.05, 0.1) is 16.2 Å². The van der Waals surface area contributed by atoms with Crippen LogP contribution < -0.4 is 5.32 Å². The van der Waals surface area contributed by atoms with Gasteiger partial charge in [-0.2, -0.15) is 4.31 Å². The summed E-state index contributed by atoms with van der Waals surface area (Å²) < 4.78 is 27.8. The summed E-state index contributed by atoms with van der Waals surface area (Å²) in [6.07, 6.45) is 3.47. The molecule has 1 aromatic heterocycles. The lowest BCUT2D eigenvalue weighted by molar-refractivity contribution is 0.102. The van der Waals surface area contributed by atoms with Gasteiger partial charge in [-0.15, -0.1) is 0 Å². The molecule has 0 bridgehead atoms. The molecule has 1 amide bonds. The number of halogens is 1. The lowest BCUT2D eigenvalue weighted by Crippen LogP contribution is -2.39. The molecule has 2 aromatic carbocycles. The Morgan fingerprint density at radius 3 is 2.80 bits per heavy atom. The second-order valence-corrected chi connectivity index (χ2v) is 9.90. The molecule has 1 saturated heterocycles. The van der Waals surface area contributed by atoms with E-state index in [1.807, 2.05) is 31.2 Å². The van der Waals surface area contributed by atoms with Gasteiger partial charge < -0.3 is 5.32 Å². The number of benzene rings is 2. The third-order valence-electron chi connectivity index (χ3n) is 5.31. The van der Waals surface area contributed by atoms with Gasteiger partial charge in [-0.1, -0.05) is 36.7 Å². The molecule has 0 saturated carbocycles. The second kappa shape index (κ2) is 8.34.